The van der Waals surface area contributed by atoms with Crippen LogP contribution in [-0.2, 0) is 0 Å². The van der Waals surface area contributed by atoms with Crippen LogP contribution in [0, 0.1) is 0 Å². The molecule has 0 radical (unpaired) electrons. The number of hydrogen-bond acceptors (Lipinski definition) is 7. The van der Waals surface area contributed by atoms with Crippen molar-refractivity contribution in [1.29, 1.82) is 0 Å². The number of nitrogens with zero attached hydrogens (tertiary/aromatic N) is 7. The average Bonchev–Trinajstić information content (AvgIpc) is 3.33. The molecule has 8 nitrogen and oxygen atoms in total. The molecule has 0 saturated carbocycles. The summed E-state index contributed by atoms with van der Waals surface area (Å²) in [5, 5.41) is 7.07. The molecule has 0 spiro atoms. The Hall–Kier alpha value is -1.66. The summed E-state index contributed by atoms with van der Waals surface area (Å²) >= 11 is 1.82. The lowest BCUT2D eigenvalue weighted by atomic mass is 10.3. The Balaban J connectivity index is 0.00000256. The SMILES string of the molecule is CN=C(NCCN1CCN(c2ncccn2)CC1)N1CCN(c2cccs2)CC1.I. The van der Waals surface area contributed by atoms with E-state index in [-0.39, 0.29) is 24.0 Å². The first kappa shape index (κ1) is 23.0. The fraction of sp³-hybridized carbons (Fsp3) is 0.550. The number of halogens is 1. The van der Waals surface area contributed by atoms with E-state index in [1.807, 2.05) is 36.8 Å². The molecule has 0 aliphatic carbocycles. The summed E-state index contributed by atoms with van der Waals surface area (Å²) < 4.78 is 0. The smallest absolute Gasteiger partial charge is 0.225 e. The van der Waals surface area contributed by atoms with Crippen LogP contribution < -0.4 is 15.1 Å². The van der Waals surface area contributed by atoms with Crippen molar-refractivity contribution in [1.82, 2.24) is 25.1 Å². The van der Waals surface area contributed by atoms with E-state index in [4.69, 9.17) is 0 Å². The van der Waals surface area contributed by atoms with Gasteiger partial charge in [0, 0.05) is 84.9 Å². The van der Waals surface area contributed by atoms with Crippen LogP contribution >= 0.6 is 35.3 Å². The monoisotopic (exact) mass is 542 g/mol. The lowest BCUT2D eigenvalue weighted by molar-refractivity contribution is 0.258. The molecule has 0 aromatic carbocycles. The van der Waals surface area contributed by atoms with E-state index in [1.54, 1.807) is 0 Å². The summed E-state index contributed by atoms with van der Waals surface area (Å²) in [7, 11) is 1.88. The number of rotatable bonds is 5. The predicted molar refractivity (Wildman–Crippen MR) is 136 cm³/mol. The van der Waals surface area contributed by atoms with Crippen LogP contribution in [0.1, 0.15) is 0 Å². The van der Waals surface area contributed by atoms with Gasteiger partial charge in [0.15, 0.2) is 5.96 Å². The van der Waals surface area contributed by atoms with Crippen molar-refractivity contribution >= 4 is 52.2 Å². The van der Waals surface area contributed by atoms with Gasteiger partial charge in [-0.15, -0.1) is 35.3 Å². The second kappa shape index (κ2) is 11.7. The number of aromatic nitrogens is 2. The molecule has 0 bridgehead atoms. The molecule has 10 heteroatoms. The van der Waals surface area contributed by atoms with Gasteiger partial charge in [-0.25, -0.2) is 9.97 Å². The maximum Gasteiger partial charge on any atom is 0.225 e. The Labute approximate surface area is 200 Å². The molecular formula is C20H31IN8S. The molecule has 0 atom stereocenters. The third kappa shape index (κ3) is 5.94. The van der Waals surface area contributed by atoms with Crippen LogP contribution in [0.2, 0.25) is 0 Å². The van der Waals surface area contributed by atoms with E-state index < -0.39 is 0 Å². The summed E-state index contributed by atoms with van der Waals surface area (Å²) in [6.07, 6.45) is 3.62. The lowest BCUT2D eigenvalue weighted by Crippen LogP contribution is -2.54. The fourth-order valence-corrected chi connectivity index (χ4v) is 4.66. The molecular weight excluding hydrogens is 511 g/mol. The minimum Gasteiger partial charge on any atom is -0.360 e. The average molecular weight is 542 g/mol. The first-order valence-corrected chi connectivity index (χ1v) is 11.2. The van der Waals surface area contributed by atoms with Gasteiger partial charge in [0.25, 0.3) is 0 Å². The Morgan fingerprint density at radius 1 is 1.00 bits per heavy atom. The van der Waals surface area contributed by atoms with Crippen LogP contribution in [0.25, 0.3) is 0 Å². The van der Waals surface area contributed by atoms with Gasteiger partial charge in [0.05, 0.1) is 5.00 Å². The van der Waals surface area contributed by atoms with Crippen molar-refractivity contribution in [3.8, 4) is 0 Å². The number of thiophene rings is 1. The molecule has 2 aliphatic heterocycles. The molecule has 0 unspecified atom stereocenters. The van der Waals surface area contributed by atoms with Crippen molar-refractivity contribution in [3.63, 3.8) is 0 Å². The van der Waals surface area contributed by atoms with Crippen LogP contribution in [0.3, 0.4) is 0 Å². The quantitative estimate of drug-likeness (QED) is 0.351. The Morgan fingerprint density at radius 3 is 2.33 bits per heavy atom. The maximum absolute atomic E-state index is 4.51. The minimum absolute atomic E-state index is 0. The Morgan fingerprint density at radius 2 is 1.70 bits per heavy atom. The van der Waals surface area contributed by atoms with E-state index in [1.165, 1.54) is 5.00 Å². The van der Waals surface area contributed by atoms with Crippen LogP contribution in [0.15, 0.2) is 41.0 Å². The first-order valence-electron chi connectivity index (χ1n) is 10.3. The van der Waals surface area contributed by atoms with Gasteiger partial charge in [-0.3, -0.25) is 9.89 Å². The van der Waals surface area contributed by atoms with Crippen LogP contribution in [0.5, 0.6) is 0 Å². The lowest BCUT2D eigenvalue weighted by Gasteiger charge is -2.37. The second-order valence-electron chi connectivity index (χ2n) is 7.28. The highest BCUT2D eigenvalue weighted by Crippen LogP contribution is 2.22. The summed E-state index contributed by atoms with van der Waals surface area (Å²) in [6.45, 7) is 10.1. The summed E-state index contributed by atoms with van der Waals surface area (Å²) in [6, 6.07) is 6.19. The standard InChI is InChI=1S/C20H30N8S.HI/c1-21-19(27-15-13-26(14-16-27)18-4-2-17-29-18)24-7-8-25-9-11-28(12-10-25)20-22-5-3-6-23-20;/h2-6,17H,7-16H2,1H3,(H,21,24);1H. The van der Waals surface area contributed by atoms with Crippen molar-refractivity contribution < 1.29 is 0 Å². The number of aliphatic imine (C=N–C) groups is 1. The molecule has 1 N–H and O–H groups in total. The van der Waals surface area contributed by atoms with E-state index in [0.717, 1.165) is 77.4 Å². The largest absolute Gasteiger partial charge is 0.360 e. The topological polar surface area (TPSA) is 63.1 Å². The highest BCUT2D eigenvalue weighted by Gasteiger charge is 2.21. The molecule has 2 aromatic heterocycles. The molecule has 2 saturated heterocycles. The third-order valence-electron chi connectivity index (χ3n) is 5.53. The molecule has 164 valence electrons. The zero-order valence-corrected chi connectivity index (χ0v) is 20.6. The van der Waals surface area contributed by atoms with Gasteiger partial charge in [-0.1, -0.05) is 0 Å². The van der Waals surface area contributed by atoms with Crippen molar-refractivity contribution in [2.75, 3.05) is 82.3 Å². The number of hydrogen-bond donors (Lipinski definition) is 1. The molecule has 2 aliphatic rings. The Kier molecular flexibility index (Phi) is 8.94. The molecule has 4 rings (SSSR count). The van der Waals surface area contributed by atoms with E-state index in [2.05, 4.69) is 57.4 Å². The normalized spacial score (nSPS) is 18.3. The van der Waals surface area contributed by atoms with Gasteiger partial charge < -0.3 is 20.0 Å². The van der Waals surface area contributed by atoms with Gasteiger partial charge in [0.2, 0.25) is 5.95 Å². The predicted octanol–water partition coefficient (Wildman–Crippen LogP) is 1.68. The zero-order valence-electron chi connectivity index (χ0n) is 17.5. The number of piperazine rings is 2. The first-order chi connectivity index (χ1) is 14.3. The van der Waals surface area contributed by atoms with Crippen molar-refractivity contribution in [3.05, 3.63) is 36.0 Å². The molecule has 0 amide bonds. The third-order valence-corrected chi connectivity index (χ3v) is 6.46. The molecule has 2 aromatic rings. The molecule has 30 heavy (non-hydrogen) atoms. The van der Waals surface area contributed by atoms with E-state index in [0.29, 0.717) is 0 Å². The van der Waals surface area contributed by atoms with Gasteiger partial charge in [0.1, 0.15) is 0 Å². The maximum atomic E-state index is 4.51. The summed E-state index contributed by atoms with van der Waals surface area (Å²) in [4.78, 5) is 22.8. The Bertz CT molecular complexity index is 756. The highest BCUT2D eigenvalue weighted by atomic mass is 127. The number of nitrogens with one attached hydrogen (secondary N) is 1. The van der Waals surface area contributed by atoms with Gasteiger partial charge in [-0.2, -0.15) is 0 Å². The number of guanidine groups is 1. The summed E-state index contributed by atoms with van der Waals surface area (Å²) in [5.74, 6) is 1.86. The second-order valence-corrected chi connectivity index (χ2v) is 8.20. The minimum atomic E-state index is 0. The van der Waals surface area contributed by atoms with Gasteiger partial charge >= 0.3 is 0 Å². The highest BCUT2D eigenvalue weighted by molar-refractivity contribution is 14.0. The van der Waals surface area contributed by atoms with E-state index in [9.17, 15) is 0 Å². The van der Waals surface area contributed by atoms with Crippen molar-refractivity contribution in [2.24, 2.45) is 4.99 Å². The summed E-state index contributed by atoms with van der Waals surface area (Å²) in [5.41, 5.74) is 0. The van der Waals surface area contributed by atoms with Crippen LogP contribution in [-0.4, -0.2) is 98.2 Å². The van der Waals surface area contributed by atoms with Crippen LogP contribution in [0.4, 0.5) is 10.9 Å². The number of anilines is 2. The fourth-order valence-electron chi connectivity index (χ4n) is 3.87. The molecule has 2 fully saturated rings. The zero-order chi connectivity index (χ0) is 19.9. The van der Waals surface area contributed by atoms with E-state index >= 15 is 0 Å². The molecule has 4 heterocycles. The van der Waals surface area contributed by atoms with Gasteiger partial charge in [-0.05, 0) is 23.6 Å². The van der Waals surface area contributed by atoms with Crippen molar-refractivity contribution in [2.45, 2.75) is 0 Å².